The number of oxime groups is 1. The molecule has 1 amide bonds. The SMILES string of the molecule is Cc1cc(Cl)ccc1Oc1cc(NC(=O)C2CC(c3ccc(F)cc3)=NO2)cc([N+](=O)[O-])c1. The number of halogens is 2. The summed E-state index contributed by atoms with van der Waals surface area (Å²) in [6, 6.07) is 14.6. The molecule has 3 aromatic rings. The van der Waals surface area contributed by atoms with Gasteiger partial charge in [0.2, 0.25) is 6.10 Å². The highest BCUT2D eigenvalue weighted by molar-refractivity contribution is 6.30. The highest BCUT2D eigenvalue weighted by Gasteiger charge is 2.29. The molecule has 10 heteroatoms. The zero-order valence-corrected chi connectivity index (χ0v) is 18.0. The number of carbonyl (C=O) groups excluding carboxylic acids is 1. The number of amides is 1. The highest BCUT2D eigenvalue weighted by atomic mass is 35.5. The topological polar surface area (TPSA) is 103 Å². The molecular formula is C23H17ClFN3O5. The van der Waals surface area contributed by atoms with E-state index in [-0.39, 0.29) is 29.4 Å². The fourth-order valence-electron chi connectivity index (χ4n) is 3.23. The minimum atomic E-state index is -0.938. The number of nitrogens with one attached hydrogen (secondary N) is 1. The summed E-state index contributed by atoms with van der Waals surface area (Å²) in [4.78, 5) is 28.7. The van der Waals surface area contributed by atoms with Crippen molar-refractivity contribution in [1.29, 1.82) is 0 Å². The Morgan fingerprint density at radius 3 is 2.67 bits per heavy atom. The Bertz CT molecular complexity index is 1260. The molecule has 0 aromatic heterocycles. The lowest BCUT2D eigenvalue weighted by Gasteiger charge is -2.12. The van der Waals surface area contributed by atoms with Crippen molar-refractivity contribution in [2.45, 2.75) is 19.4 Å². The molecular weight excluding hydrogens is 453 g/mol. The van der Waals surface area contributed by atoms with E-state index in [1.807, 2.05) is 0 Å². The number of anilines is 1. The van der Waals surface area contributed by atoms with Gasteiger partial charge in [0, 0.05) is 23.6 Å². The van der Waals surface area contributed by atoms with E-state index in [1.165, 1.54) is 30.3 Å². The van der Waals surface area contributed by atoms with Crippen molar-refractivity contribution in [3.05, 3.63) is 92.7 Å². The number of benzene rings is 3. The van der Waals surface area contributed by atoms with Gasteiger partial charge in [0.15, 0.2) is 0 Å². The van der Waals surface area contributed by atoms with Gasteiger partial charge < -0.3 is 14.9 Å². The molecule has 1 atom stereocenters. The number of non-ortho nitro benzene ring substituents is 1. The van der Waals surface area contributed by atoms with Crippen molar-refractivity contribution in [3.8, 4) is 11.5 Å². The van der Waals surface area contributed by atoms with Crippen molar-refractivity contribution in [3.63, 3.8) is 0 Å². The van der Waals surface area contributed by atoms with Gasteiger partial charge in [0.1, 0.15) is 17.3 Å². The van der Waals surface area contributed by atoms with Gasteiger partial charge in [-0.2, -0.15) is 0 Å². The summed E-state index contributed by atoms with van der Waals surface area (Å²) < 4.78 is 18.9. The van der Waals surface area contributed by atoms with Crippen LogP contribution in [0.1, 0.15) is 17.5 Å². The van der Waals surface area contributed by atoms with Crippen LogP contribution in [-0.4, -0.2) is 22.6 Å². The van der Waals surface area contributed by atoms with Gasteiger partial charge in [0.05, 0.1) is 22.4 Å². The van der Waals surface area contributed by atoms with Crippen LogP contribution in [0.3, 0.4) is 0 Å². The Morgan fingerprint density at radius 1 is 1.21 bits per heavy atom. The van der Waals surface area contributed by atoms with Crippen LogP contribution in [0.15, 0.2) is 65.8 Å². The van der Waals surface area contributed by atoms with E-state index in [4.69, 9.17) is 21.2 Å². The second-order valence-electron chi connectivity index (χ2n) is 7.32. The quantitative estimate of drug-likeness (QED) is 0.373. The van der Waals surface area contributed by atoms with Crippen molar-refractivity contribution in [2.24, 2.45) is 5.16 Å². The molecule has 0 aliphatic carbocycles. The molecule has 1 N–H and O–H groups in total. The molecule has 1 unspecified atom stereocenters. The van der Waals surface area contributed by atoms with Crippen LogP contribution in [0.5, 0.6) is 11.5 Å². The highest BCUT2D eigenvalue weighted by Crippen LogP contribution is 2.32. The first-order valence-corrected chi connectivity index (χ1v) is 10.2. The van der Waals surface area contributed by atoms with Crippen molar-refractivity contribution in [1.82, 2.24) is 0 Å². The number of carbonyl (C=O) groups is 1. The molecule has 1 aliphatic heterocycles. The predicted octanol–water partition coefficient (Wildman–Crippen LogP) is 5.62. The number of aryl methyl sites for hydroxylation is 1. The Labute approximate surface area is 192 Å². The first-order valence-electron chi connectivity index (χ1n) is 9.81. The summed E-state index contributed by atoms with van der Waals surface area (Å²) in [7, 11) is 0. The molecule has 1 heterocycles. The molecule has 0 radical (unpaired) electrons. The van der Waals surface area contributed by atoms with Crippen LogP contribution in [0, 0.1) is 22.9 Å². The third-order valence-electron chi connectivity index (χ3n) is 4.87. The number of hydrogen-bond acceptors (Lipinski definition) is 6. The van der Waals surface area contributed by atoms with Crippen LogP contribution < -0.4 is 10.1 Å². The van der Waals surface area contributed by atoms with Crippen LogP contribution in [0.2, 0.25) is 5.02 Å². The molecule has 3 aromatic carbocycles. The van der Waals surface area contributed by atoms with E-state index >= 15 is 0 Å². The second-order valence-corrected chi connectivity index (χ2v) is 7.75. The van der Waals surface area contributed by atoms with E-state index in [1.54, 1.807) is 37.3 Å². The molecule has 0 spiro atoms. The van der Waals surface area contributed by atoms with Crippen LogP contribution in [0.4, 0.5) is 15.8 Å². The van der Waals surface area contributed by atoms with Gasteiger partial charge >= 0.3 is 0 Å². The third kappa shape index (κ3) is 5.27. The maximum Gasteiger partial charge on any atom is 0.275 e. The molecule has 0 saturated carbocycles. The minimum absolute atomic E-state index is 0.162. The minimum Gasteiger partial charge on any atom is -0.457 e. The summed E-state index contributed by atoms with van der Waals surface area (Å²) in [5, 5.41) is 18.4. The number of ether oxygens (including phenoxy) is 1. The molecule has 4 rings (SSSR count). The first-order chi connectivity index (χ1) is 15.8. The lowest BCUT2D eigenvalue weighted by molar-refractivity contribution is -0.384. The summed E-state index contributed by atoms with van der Waals surface area (Å²) >= 11 is 5.96. The number of rotatable bonds is 6. The Kier molecular flexibility index (Phi) is 6.23. The lowest BCUT2D eigenvalue weighted by Crippen LogP contribution is -2.28. The Morgan fingerprint density at radius 2 is 1.97 bits per heavy atom. The smallest absolute Gasteiger partial charge is 0.275 e. The van der Waals surface area contributed by atoms with Gasteiger partial charge in [-0.25, -0.2) is 4.39 Å². The number of nitro groups is 1. The molecule has 0 saturated heterocycles. The Balaban J connectivity index is 1.49. The van der Waals surface area contributed by atoms with Gasteiger partial charge in [0.25, 0.3) is 11.6 Å². The summed E-state index contributed by atoms with van der Waals surface area (Å²) in [6.45, 7) is 1.79. The van der Waals surface area contributed by atoms with Crippen LogP contribution >= 0.6 is 11.6 Å². The average Bonchev–Trinajstić information content (AvgIpc) is 3.26. The van der Waals surface area contributed by atoms with Crippen LogP contribution in [-0.2, 0) is 9.63 Å². The van der Waals surface area contributed by atoms with E-state index in [2.05, 4.69) is 10.5 Å². The van der Waals surface area contributed by atoms with E-state index in [0.29, 0.717) is 22.0 Å². The molecule has 0 fully saturated rings. The fraction of sp³-hybridized carbons (Fsp3) is 0.130. The average molecular weight is 470 g/mol. The van der Waals surface area contributed by atoms with Gasteiger partial charge in [-0.3, -0.25) is 14.9 Å². The third-order valence-corrected chi connectivity index (χ3v) is 5.11. The van der Waals surface area contributed by atoms with Crippen LogP contribution in [0.25, 0.3) is 0 Å². The zero-order chi connectivity index (χ0) is 23.5. The van der Waals surface area contributed by atoms with Crippen molar-refractivity contribution < 1.29 is 23.7 Å². The maximum atomic E-state index is 13.1. The monoisotopic (exact) mass is 469 g/mol. The van der Waals surface area contributed by atoms with Gasteiger partial charge in [-0.15, -0.1) is 0 Å². The van der Waals surface area contributed by atoms with Crippen molar-refractivity contribution in [2.75, 3.05) is 5.32 Å². The molecule has 168 valence electrons. The number of nitrogens with zero attached hydrogens (tertiary/aromatic N) is 2. The fourth-order valence-corrected chi connectivity index (χ4v) is 3.45. The summed E-state index contributed by atoms with van der Waals surface area (Å²) in [5.41, 5.74) is 1.77. The number of nitro benzene ring substituents is 1. The van der Waals surface area contributed by atoms with Gasteiger partial charge in [-0.05, 0) is 48.4 Å². The lowest BCUT2D eigenvalue weighted by atomic mass is 10.0. The molecule has 1 aliphatic rings. The van der Waals surface area contributed by atoms with Crippen molar-refractivity contribution >= 4 is 34.6 Å². The standard InChI is InChI=1S/C23H17ClFN3O5/c1-13-8-15(24)4-7-21(13)32-19-10-17(9-18(11-19)28(30)31)26-23(29)22-12-20(27-33-22)14-2-5-16(25)6-3-14/h2-11,22H,12H2,1H3,(H,26,29). The van der Waals surface area contributed by atoms with E-state index < -0.39 is 16.9 Å². The predicted molar refractivity (Wildman–Crippen MR) is 120 cm³/mol. The first kappa shape index (κ1) is 22.2. The number of hydrogen-bond donors (Lipinski definition) is 1. The molecule has 33 heavy (non-hydrogen) atoms. The van der Waals surface area contributed by atoms with Gasteiger partial charge in [-0.1, -0.05) is 28.9 Å². The normalized spacial score (nSPS) is 14.9. The van der Waals surface area contributed by atoms with E-state index in [0.717, 1.165) is 5.56 Å². The zero-order valence-electron chi connectivity index (χ0n) is 17.2. The maximum absolute atomic E-state index is 13.1. The second kappa shape index (κ2) is 9.25. The molecule has 8 nitrogen and oxygen atoms in total. The molecule has 0 bridgehead atoms. The summed E-state index contributed by atoms with van der Waals surface area (Å²) in [5.74, 6) is -0.288. The summed E-state index contributed by atoms with van der Waals surface area (Å²) in [6.07, 6.45) is -0.771. The Hall–Kier alpha value is -3.98. The largest absolute Gasteiger partial charge is 0.457 e. The van der Waals surface area contributed by atoms with E-state index in [9.17, 15) is 19.3 Å².